The summed E-state index contributed by atoms with van der Waals surface area (Å²) in [5.74, 6) is 1.10. The molecule has 2 rings (SSSR count). The molecule has 4 heteroatoms. The monoisotopic (exact) mass is 403 g/mol. The fourth-order valence-corrected chi connectivity index (χ4v) is 3.04. The van der Waals surface area contributed by atoms with E-state index in [1.54, 1.807) is 0 Å². The minimum Gasteiger partial charge on any atom is -0.484 e. The van der Waals surface area contributed by atoms with Crippen molar-refractivity contribution in [3.63, 3.8) is 0 Å². The molecule has 1 N–H and O–H groups in total. The van der Waals surface area contributed by atoms with Gasteiger partial charge in [0, 0.05) is 4.47 Å². The standard InChI is InChI=1S/C21H26BrNO2/c1-14(2)10-19(17-8-6-5-7-9-17)23-20(24)13-25-18-11-15(3)21(22)16(4)12-18/h5-9,11-12,14,19H,10,13H2,1-4H3,(H,23,24)/t19-/m1/s1. The van der Waals surface area contributed by atoms with Gasteiger partial charge in [0.05, 0.1) is 6.04 Å². The van der Waals surface area contributed by atoms with Gasteiger partial charge in [0.15, 0.2) is 6.61 Å². The summed E-state index contributed by atoms with van der Waals surface area (Å²) in [6.07, 6.45) is 0.895. The highest BCUT2D eigenvalue weighted by Gasteiger charge is 2.16. The first-order valence-corrected chi connectivity index (χ1v) is 9.40. The number of halogens is 1. The van der Waals surface area contributed by atoms with Crippen LogP contribution in [0.15, 0.2) is 46.9 Å². The fourth-order valence-electron chi connectivity index (χ4n) is 2.81. The molecule has 0 heterocycles. The van der Waals surface area contributed by atoms with Crippen LogP contribution in [0.1, 0.15) is 43.0 Å². The highest BCUT2D eigenvalue weighted by molar-refractivity contribution is 9.10. The number of nitrogens with one attached hydrogen (secondary N) is 1. The molecule has 0 aliphatic heterocycles. The smallest absolute Gasteiger partial charge is 0.258 e. The molecule has 2 aromatic carbocycles. The van der Waals surface area contributed by atoms with Crippen molar-refractivity contribution >= 4 is 21.8 Å². The van der Waals surface area contributed by atoms with Crippen LogP contribution in [0.4, 0.5) is 0 Å². The predicted molar refractivity (Wildman–Crippen MR) is 106 cm³/mol. The Balaban J connectivity index is 1.99. The summed E-state index contributed by atoms with van der Waals surface area (Å²) in [4.78, 5) is 12.4. The Bertz CT molecular complexity index is 690. The van der Waals surface area contributed by atoms with E-state index < -0.39 is 0 Å². The average molecular weight is 404 g/mol. The maximum absolute atomic E-state index is 12.4. The summed E-state index contributed by atoms with van der Waals surface area (Å²) in [5.41, 5.74) is 3.31. The molecule has 0 bridgehead atoms. The second-order valence-corrected chi connectivity index (χ2v) is 7.61. The zero-order chi connectivity index (χ0) is 18.4. The Hall–Kier alpha value is -1.81. The quantitative estimate of drug-likeness (QED) is 0.676. The average Bonchev–Trinajstić information content (AvgIpc) is 2.57. The molecule has 1 amide bonds. The van der Waals surface area contributed by atoms with E-state index in [2.05, 4.69) is 47.2 Å². The molecular weight excluding hydrogens is 378 g/mol. The van der Waals surface area contributed by atoms with Gasteiger partial charge >= 0.3 is 0 Å². The minimum atomic E-state index is -0.104. The number of ether oxygens (including phenoxy) is 1. The van der Waals surface area contributed by atoms with Crippen LogP contribution in [-0.2, 0) is 4.79 Å². The molecule has 1 atom stereocenters. The molecule has 0 fully saturated rings. The maximum Gasteiger partial charge on any atom is 0.258 e. The molecule has 2 aromatic rings. The largest absolute Gasteiger partial charge is 0.484 e. The minimum absolute atomic E-state index is 0.00527. The zero-order valence-corrected chi connectivity index (χ0v) is 16.9. The van der Waals surface area contributed by atoms with Crippen molar-refractivity contribution in [3.8, 4) is 5.75 Å². The van der Waals surface area contributed by atoms with Crippen molar-refractivity contribution in [1.82, 2.24) is 5.32 Å². The Labute approximate surface area is 158 Å². The fraction of sp³-hybridized carbons (Fsp3) is 0.381. The summed E-state index contributed by atoms with van der Waals surface area (Å²) in [6, 6.07) is 14.0. The first-order chi connectivity index (χ1) is 11.9. The molecule has 0 spiro atoms. The lowest BCUT2D eigenvalue weighted by atomic mass is 9.97. The lowest BCUT2D eigenvalue weighted by Gasteiger charge is -2.21. The first-order valence-electron chi connectivity index (χ1n) is 8.60. The van der Waals surface area contributed by atoms with Gasteiger partial charge < -0.3 is 10.1 Å². The number of amides is 1. The van der Waals surface area contributed by atoms with Crippen LogP contribution >= 0.6 is 15.9 Å². The van der Waals surface area contributed by atoms with E-state index in [4.69, 9.17) is 4.74 Å². The molecule has 25 heavy (non-hydrogen) atoms. The van der Waals surface area contributed by atoms with Gasteiger partial charge in [-0.1, -0.05) is 60.1 Å². The molecule has 0 unspecified atom stereocenters. The van der Waals surface area contributed by atoms with E-state index in [1.807, 2.05) is 44.2 Å². The van der Waals surface area contributed by atoms with Crippen molar-refractivity contribution in [1.29, 1.82) is 0 Å². The van der Waals surface area contributed by atoms with Crippen LogP contribution in [0.2, 0.25) is 0 Å². The molecule has 0 radical (unpaired) electrons. The van der Waals surface area contributed by atoms with E-state index in [0.717, 1.165) is 27.6 Å². The van der Waals surface area contributed by atoms with Crippen molar-refractivity contribution < 1.29 is 9.53 Å². The van der Waals surface area contributed by atoms with Crippen LogP contribution in [0.25, 0.3) is 0 Å². The molecule has 3 nitrogen and oxygen atoms in total. The summed E-state index contributed by atoms with van der Waals surface area (Å²) in [6.45, 7) is 8.36. The number of hydrogen-bond acceptors (Lipinski definition) is 2. The molecule has 0 saturated heterocycles. The van der Waals surface area contributed by atoms with Gasteiger partial charge in [-0.25, -0.2) is 0 Å². The van der Waals surface area contributed by atoms with Crippen molar-refractivity contribution in [2.24, 2.45) is 5.92 Å². The predicted octanol–water partition coefficient (Wildman–Crippen LogP) is 5.35. The number of carbonyl (C=O) groups is 1. The van der Waals surface area contributed by atoms with E-state index in [1.165, 1.54) is 0 Å². The second kappa shape index (κ2) is 9.04. The van der Waals surface area contributed by atoms with Crippen LogP contribution in [0.3, 0.4) is 0 Å². The van der Waals surface area contributed by atoms with Gasteiger partial charge in [-0.3, -0.25) is 4.79 Å². The Morgan fingerprint density at radius 1 is 1.12 bits per heavy atom. The van der Waals surface area contributed by atoms with E-state index in [-0.39, 0.29) is 18.6 Å². The maximum atomic E-state index is 12.4. The topological polar surface area (TPSA) is 38.3 Å². The van der Waals surface area contributed by atoms with E-state index in [9.17, 15) is 4.79 Å². The van der Waals surface area contributed by atoms with E-state index in [0.29, 0.717) is 11.7 Å². The van der Waals surface area contributed by atoms with Crippen LogP contribution < -0.4 is 10.1 Å². The van der Waals surface area contributed by atoms with Gasteiger partial charge in [-0.2, -0.15) is 0 Å². The normalized spacial score (nSPS) is 12.1. The summed E-state index contributed by atoms with van der Waals surface area (Å²) in [7, 11) is 0. The van der Waals surface area contributed by atoms with Crippen molar-refractivity contribution in [2.75, 3.05) is 6.61 Å². The number of rotatable bonds is 7. The van der Waals surface area contributed by atoms with Gasteiger partial charge in [-0.05, 0) is 55.0 Å². The van der Waals surface area contributed by atoms with E-state index >= 15 is 0 Å². The SMILES string of the molecule is Cc1cc(OCC(=O)N[C@H](CC(C)C)c2ccccc2)cc(C)c1Br. The van der Waals surface area contributed by atoms with Crippen molar-refractivity contribution in [3.05, 3.63) is 63.6 Å². The number of hydrogen-bond donors (Lipinski definition) is 1. The molecule has 134 valence electrons. The molecule has 0 aromatic heterocycles. The van der Waals surface area contributed by atoms with Gasteiger partial charge in [0.25, 0.3) is 5.91 Å². The third kappa shape index (κ3) is 5.89. The third-order valence-electron chi connectivity index (χ3n) is 4.02. The summed E-state index contributed by atoms with van der Waals surface area (Å²) in [5, 5.41) is 3.10. The van der Waals surface area contributed by atoms with Crippen LogP contribution in [0, 0.1) is 19.8 Å². The highest BCUT2D eigenvalue weighted by Crippen LogP contribution is 2.26. The number of carbonyl (C=O) groups excluding carboxylic acids is 1. The first kappa shape index (κ1) is 19.5. The van der Waals surface area contributed by atoms with Gasteiger partial charge in [0.2, 0.25) is 0 Å². The van der Waals surface area contributed by atoms with Gasteiger partial charge in [-0.15, -0.1) is 0 Å². The van der Waals surface area contributed by atoms with Gasteiger partial charge in [0.1, 0.15) is 5.75 Å². The lowest BCUT2D eigenvalue weighted by molar-refractivity contribution is -0.124. The summed E-state index contributed by atoms with van der Waals surface area (Å²) < 4.78 is 6.77. The Morgan fingerprint density at radius 3 is 2.28 bits per heavy atom. The zero-order valence-electron chi connectivity index (χ0n) is 15.3. The number of aryl methyl sites for hydroxylation is 2. The van der Waals surface area contributed by atoms with Crippen molar-refractivity contribution in [2.45, 2.75) is 40.2 Å². The third-order valence-corrected chi connectivity index (χ3v) is 5.27. The van der Waals surface area contributed by atoms with Crippen LogP contribution in [0.5, 0.6) is 5.75 Å². The molecular formula is C21H26BrNO2. The second-order valence-electron chi connectivity index (χ2n) is 6.82. The molecule has 0 aliphatic carbocycles. The summed E-state index contributed by atoms with van der Waals surface area (Å²) >= 11 is 3.54. The molecule has 0 aliphatic rings. The molecule has 0 saturated carbocycles. The Morgan fingerprint density at radius 2 is 1.72 bits per heavy atom. The lowest BCUT2D eigenvalue weighted by Crippen LogP contribution is -2.33. The number of benzene rings is 2. The highest BCUT2D eigenvalue weighted by atomic mass is 79.9. The Kier molecular flexibility index (Phi) is 7.06. The van der Waals surface area contributed by atoms with Crippen LogP contribution in [-0.4, -0.2) is 12.5 Å².